The topological polar surface area (TPSA) is 120 Å². The third-order valence-electron chi connectivity index (χ3n) is 3.17. The van der Waals surface area contributed by atoms with Crippen molar-refractivity contribution in [2.45, 2.75) is 39.4 Å². The number of nitro benzene ring substituents is 1. The lowest BCUT2D eigenvalue weighted by molar-refractivity contribution is -0.385. The molecule has 0 saturated carbocycles. The quantitative estimate of drug-likeness (QED) is 0.241. The van der Waals surface area contributed by atoms with E-state index in [2.05, 4.69) is 5.16 Å². The number of benzene rings is 1. The molecular weight excluding hydrogens is 320 g/mol. The van der Waals surface area contributed by atoms with Gasteiger partial charge in [0.05, 0.1) is 29.9 Å². The second-order valence-electron chi connectivity index (χ2n) is 5.22. The Labute approximate surface area is 139 Å². The highest BCUT2D eigenvalue weighted by atomic mass is 16.6. The van der Waals surface area contributed by atoms with E-state index in [1.165, 1.54) is 26.2 Å². The summed E-state index contributed by atoms with van der Waals surface area (Å²) < 4.78 is 15.6. The Morgan fingerprint density at radius 3 is 2.54 bits per heavy atom. The molecule has 1 rings (SSSR count). The molecule has 0 amide bonds. The first kappa shape index (κ1) is 19.2. The molecule has 0 aliphatic rings. The summed E-state index contributed by atoms with van der Waals surface area (Å²) in [4.78, 5) is 21.4. The van der Waals surface area contributed by atoms with Crippen molar-refractivity contribution in [3.63, 3.8) is 0 Å². The van der Waals surface area contributed by atoms with Crippen molar-refractivity contribution in [1.82, 2.24) is 0 Å². The fraction of sp³-hybridized carbons (Fsp3) is 0.467. The smallest absolute Gasteiger partial charge is 0.293 e. The molecular formula is C15H20N2O7. The van der Waals surface area contributed by atoms with Crippen LogP contribution in [0, 0.1) is 10.1 Å². The van der Waals surface area contributed by atoms with Crippen LogP contribution in [0.5, 0.6) is 11.5 Å². The molecule has 0 aliphatic heterocycles. The van der Waals surface area contributed by atoms with Crippen molar-refractivity contribution in [2.24, 2.45) is 5.16 Å². The third-order valence-corrected chi connectivity index (χ3v) is 3.17. The number of methoxy groups -OCH3 is 1. The number of ether oxygens (including phenoxy) is 3. The Kier molecular flexibility index (Phi) is 6.97. The number of carbonyl (C=O) groups is 1. The van der Waals surface area contributed by atoms with E-state index in [4.69, 9.17) is 19.4 Å². The van der Waals surface area contributed by atoms with E-state index in [9.17, 15) is 14.9 Å². The molecule has 1 aromatic rings. The molecule has 1 atom stereocenters. The average Bonchev–Trinajstić information content (AvgIpc) is 2.53. The molecule has 0 bridgehead atoms. The number of carbonyl (C=O) groups excluding carboxylic acids is 1. The lowest BCUT2D eigenvalue weighted by Gasteiger charge is -2.17. The molecule has 0 aromatic heterocycles. The second kappa shape index (κ2) is 8.70. The van der Waals surface area contributed by atoms with E-state index in [0.29, 0.717) is 5.75 Å². The number of nitro groups is 1. The van der Waals surface area contributed by atoms with Gasteiger partial charge in [-0.15, -0.1) is 0 Å². The SMILES string of the molecule is COc1cc(C[C@H](OC=O)/C(C)=N/O)c([N+](=O)[O-])cc1OC(C)C. The van der Waals surface area contributed by atoms with Gasteiger partial charge in [0.1, 0.15) is 6.10 Å². The Morgan fingerprint density at radius 1 is 1.42 bits per heavy atom. The Hall–Kier alpha value is -2.84. The van der Waals surface area contributed by atoms with Crippen LogP contribution in [0.3, 0.4) is 0 Å². The Balaban J connectivity index is 3.34. The van der Waals surface area contributed by atoms with E-state index in [1.54, 1.807) is 13.8 Å². The van der Waals surface area contributed by atoms with Gasteiger partial charge >= 0.3 is 0 Å². The van der Waals surface area contributed by atoms with E-state index >= 15 is 0 Å². The van der Waals surface area contributed by atoms with Crippen molar-refractivity contribution >= 4 is 17.9 Å². The van der Waals surface area contributed by atoms with Crippen LogP contribution < -0.4 is 9.47 Å². The maximum absolute atomic E-state index is 11.4. The van der Waals surface area contributed by atoms with E-state index in [1.807, 2.05) is 0 Å². The maximum Gasteiger partial charge on any atom is 0.293 e. The molecule has 0 saturated heterocycles. The van der Waals surface area contributed by atoms with Crippen LogP contribution in [-0.4, -0.2) is 41.6 Å². The summed E-state index contributed by atoms with van der Waals surface area (Å²) in [5.41, 5.74) is 0.150. The standard InChI is InChI=1S/C15H20N2O7/c1-9(2)24-15-7-12(17(20)21)11(6-14(15)22-4)5-13(23-8-18)10(3)16-19/h6-9,13,19H,5H2,1-4H3/b16-10+/t13-/m0/s1. The summed E-state index contributed by atoms with van der Waals surface area (Å²) in [5, 5.41) is 23.2. The molecule has 9 heteroatoms. The summed E-state index contributed by atoms with van der Waals surface area (Å²) in [6, 6.07) is 2.71. The third kappa shape index (κ3) is 4.83. The normalized spacial score (nSPS) is 12.6. The zero-order chi connectivity index (χ0) is 18.3. The number of hydrogen-bond donors (Lipinski definition) is 1. The zero-order valence-corrected chi connectivity index (χ0v) is 13.9. The van der Waals surface area contributed by atoms with E-state index in [-0.39, 0.29) is 41.7 Å². The van der Waals surface area contributed by atoms with Gasteiger partial charge in [-0.05, 0) is 26.8 Å². The van der Waals surface area contributed by atoms with Crippen LogP contribution in [0.1, 0.15) is 26.3 Å². The van der Waals surface area contributed by atoms with Gasteiger partial charge in [-0.2, -0.15) is 0 Å². The summed E-state index contributed by atoms with van der Waals surface area (Å²) in [5.74, 6) is 0.552. The van der Waals surface area contributed by atoms with Crippen molar-refractivity contribution < 1.29 is 29.1 Å². The van der Waals surface area contributed by atoms with Crippen LogP contribution in [0.25, 0.3) is 0 Å². The van der Waals surface area contributed by atoms with E-state index < -0.39 is 11.0 Å². The van der Waals surface area contributed by atoms with Crippen molar-refractivity contribution in [1.29, 1.82) is 0 Å². The molecule has 9 nitrogen and oxygen atoms in total. The molecule has 0 heterocycles. The van der Waals surface area contributed by atoms with Gasteiger partial charge in [0.15, 0.2) is 11.5 Å². The van der Waals surface area contributed by atoms with Crippen molar-refractivity contribution in [2.75, 3.05) is 7.11 Å². The van der Waals surface area contributed by atoms with Crippen LogP contribution >= 0.6 is 0 Å². The molecule has 0 aliphatic carbocycles. The summed E-state index contributed by atoms with van der Waals surface area (Å²) in [7, 11) is 1.41. The monoisotopic (exact) mass is 340 g/mol. The van der Waals surface area contributed by atoms with Gasteiger partial charge < -0.3 is 19.4 Å². The molecule has 24 heavy (non-hydrogen) atoms. The maximum atomic E-state index is 11.4. The van der Waals surface area contributed by atoms with Gasteiger partial charge in [-0.1, -0.05) is 5.16 Å². The summed E-state index contributed by atoms with van der Waals surface area (Å²) in [6.07, 6.45) is -1.18. The van der Waals surface area contributed by atoms with Gasteiger partial charge in [0.25, 0.3) is 12.2 Å². The van der Waals surface area contributed by atoms with Gasteiger partial charge in [0, 0.05) is 12.0 Å². The second-order valence-corrected chi connectivity index (χ2v) is 5.22. The number of hydrogen-bond acceptors (Lipinski definition) is 8. The Bertz CT molecular complexity index is 628. The highest BCUT2D eigenvalue weighted by Crippen LogP contribution is 2.36. The number of oxime groups is 1. The Morgan fingerprint density at radius 2 is 2.08 bits per heavy atom. The zero-order valence-electron chi connectivity index (χ0n) is 13.9. The summed E-state index contributed by atoms with van der Waals surface area (Å²) in [6.45, 7) is 5.20. The van der Waals surface area contributed by atoms with Crippen LogP contribution in [0.2, 0.25) is 0 Å². The lowest BCUT2D eigenvalue weighted by Crippen LogP contribution is -2.24. The first-order valence-corrected chi connectivity index (χ1v) is 7.13. The highest BCUT2D eigenvalue weighted by Gasteiger charge is 2.25. The minimum absolute atomic E-state index is 0.0523. The van der Waals surface area contributed by atoms with Gasteiger partial charge in [0.2, 0.25) is 0 Å². The summed E-state index contributed by atoms with van der Waals surface area (Å²) >= 11 is 0. The van der Waals surface area contributed by atoms with Gasteiger partial charge in [-0.3, -0.25) is 14.9 Å². The predicted molar refractivity (Wildman–Crippen MR) is 84.9 cm³/mol. The molecule has 1 N–H and O–H groups in total. The molecule has 0 spiro atoms. The van der Waals surface area contributed by atoms with Crippen LogP contribution in [0.4, 0.5) is 5.69 Å². The predicted octanol–water partition coefficient (Wildman–Crippen LogP) is 2.32. The largest absolute Gasteiger partial charge is 0.493 e. The first-order valence-electron chi connectivity index (χ1n) is 7.13. The number of rotatable bonds is 9. The first-order chi connectivity index (χ1) is 11.3. The molecule has 132 valence electrons. The van der Waals surface area contributed by atoms with Gasteiger partial charge in [-0.25, -0.2) is 0 Å². The average molecular weight is 340 g/mol. The van der Waals surface area contributed by atoms with Crippen LogP contribution in [-0.2, 0) is 16.0 Å². The van der Waals surface area contributed by atoms with Crippen molar-refractivity contribution in [3.8, 4) is 11.5 Å². The fourth-order valence-electron chi connectivity index (χ4n) is 2.06. The minimum atomic E-state index is -0.937. The molecule has 1 aromatic carbocycles. The highest BCUT2D eigenvalue weighted by molar-refractivity contribution is 5.87. The molecule has 0 radical (unpaired) electrons. The van der Waals surface area contributed by atoms with E-state index in [0.717, 1.165) is 0 Å². The fourth-order valence-corrected chi connectivity index (χ4v) is 2.06. The molecule has 0 fully saturated rings. The minimum Gasteiger partial charge on any atom is -0.493 e. The lowest BCUT2D eigenvalue weighted by atomic mass is 10.0. The molecule has 0 unspecified atom stereocenters. The number of nitrogens with zero attached hydrogens (tertiary/aromatic N) is 2. The van der Waals surface area contributed by atoms with Crippen LogP contribution in [0.15, 0.2) is 17.3 Å². The van der Waals surface area contributed by atoms with Crippen molar-refractivity contribution in [3.05, 3.63) is 27.8 Å².